The summed E-state index contributed by atoms with van der Waals surface area (Å²) < 4.78 is 10.5. The van der Waals surface area contributed by atoms with Crippen LogP contribution in [0.4, 0.5) is 0 Å². The summed E-state index contributed by atoms with van der Waals surface area (Å²) in [6, 6.07) is 7.39. The Morgan fingerprint density at radius 3 is 2.80 bits per heavy atom. The van der Waals surface area contributed by atoms with Crippen LogP contribution in [0.25, 0.3) is 0 Å². The van der Waals surface area contributed by atoms with Crippen molar-refractivity contribution in [2.45, 2.75) is 19.4 Å². The standard InChI is InChI=1S/C15H16N2O3/c1-11(13-10-16-7-8-17-13)20-14-6-4-3-5-12(14)9-15(18)19-2/h3-8,10-11H,9H2,1-2H3. The number of carbonyl (C=O) groups excluding carboxylic acids is 1. The molecule has 0 aliphatic rings. The minimum atomic E-state index is -0.298. The van der Waals surface area contributed by atoms with Crippen molar-refractivity contribution in [3.63, 3.8) is 0 Å². The van der Waals surface area contributed by atoms with Crippen LogP contribution in [-0.2, 0) is 16.0 Å². The zero-order valence-corrected chi connectivity index (χ0v) is 11.4. The van der Waals surface area contributed by atoms with E-state index in [1.54, 1.807) is 18.6 Å². The molecular formula is C15H16N2O3. The van der Waals surface area contributed by atoms with Gasteiger partial charge in [0.25, 0.3) is 0 Å². The van der Waals surface area contributed by atoms with E-state index in [2.05, 4.69) is 14.7 Å². The first-order valence-electron chi connectivity index (χ1n) is 6.28. The second-order valence-corrected chi connectivity index (χ2v) is 4.25. The first kappa shape index (κ1) is 14.0. The van der Waals surface area contributed by atoms with E-state index in [-0.39, 0.29) is 18.5 Å². The van der Waals surface area contributed by atoms with E-state index >= 15 is 0 Å². The number of methoxy groups -OCH3 is 1. The third kappa shape index (κ3) is 3.54. The minimum absolute atomic E-state index is 0.180. The molecule has 0 radical (unpaired) electrons. The molecule has 0 amide bonds. The highest BCUT2D eigenvalue weighted by molar-refractivity contribution is 5.73. The van der Waals surface area contributed by atoms with E-state index in [9.17, 15) is 4.79 Å². The lowest BCUT2D eigenvalue weighted by Crippen LogP contribution is -2.10. The van der Waals surface area contributed by atoms with Crippen molar-refractivity contribution in [3.05, 3.63) is 54.1 Å². The first-order valence-corrected chi connectivity index (χ1v) is 6.28. The summed E-state index contributed by atoms with van der Waals surface area (Å²) in [4.78, 5) is 19.6. The summed E-state index contributed by atoms with van der Waals surface area (Å²) in [6.45, 7) is 1.89. The molecular weight excluding hydrogens is 256 g/mol. The molecule has 5 nitrogen and oxygen atoms in total. The smallest absolute Gasteiger partial charge is 0.310 e. The van der Waals surface area contributed by atoms with Gasteiger partial charge < -0.3 is 9.47 Å². The molecule has 1 unspecified atom stereocenters. The Hall–Kier alpha value is -2.43. The maximum Gasteiger partial charge on any atom is 0.310 e. The fourth-order valence-electron chi connectivity index (χ4n) is 1.76. The predicted octanol–water partition coefficient (Wildman–Crippen LogP) is 2.33. The van der Waals surface area contributed by atoms with Gasteiger partial charge in [0.05, 0.1) is 25.4 Å². The highest BCUT2D eigenvalue weighted by Gasteiger charge is 2.13. The van der Waals surface area contributed by atoms with Crippen molar-refractivity contribution >= 4 is 5.97 Å². The summed E-state index contributed by atoms with van der Waals surface area (Å²) in [5, 5.41) is 0. The molecule has 0 bridgehead atoms. The Kier molecular flexibility index (Phi) is 4.65. The van der Waals surface area contributed by atoms with Crippen molar-refractivity contribution in [2.24, 2.45) is 0 Å². The predicted molar refractivity (Wildman–Crippen MR) is 73.2 cm³/mol. The number of ether oxygens (including phenoxy) is 2. The number of hydrogen-bond donors (Lipinski definition) is 0. The number of esters is 1. The normalized spacial score (nSPS) is 11.7. The zero-order chi connectivity index (χ0) is 14.4. The van der Waals surface area contributed by atoms with Crippen LogP contribution < -0.4 is 4.74 Å². The Balaban J connectivity index is 2.15. The Bertz CT molecular complexity index is 572. The van der Waals surface area contributed by atoms with Gasteiger partial charge in [-0.2, -0.15) is 0 Å². The lowest BCUT2D eigenvalue weighted by Gasteiger charge is -2.16. The van der Waals surface area contributed by atoms with Crippen molar-refractivity contribution in [2.75, 3.05) is 7.11 Å². The fraction of sp³-hybridized carbons (Fsp3) is 0.267. The molecule has 1 atom stereocenters. The number of carbonyl (C=O) groups is 1. The van der Waals surface area contributed by atoms with Crippen molar-refractivity contribution in [3.8, 4) is 5.75 Å². The number of hydrogen-bond acceptors (Lipinski definition) is 5. The number of aromatic nitrogens is 2. The van der Waals surface area contributed by atoms with E-state index in [0.717, 1.165) is 11.3 Å². The summed E-state index contributed by atoms with van der Waals surface area (Å²) >= 11 is 0. The van der Waals surface area contributed by atoms with Crippen LogP contribution in [0, 0.1) is 0 Å². The SMILES string of the molecule is COC(=O)Cc1ccccc1OC(C)c1cnccn1. The molecule has 2 aromatic rings. The average Bonchev–Trinajstić information content (AvgIpc) is 2.50. The van der Waals surface area contributed by atoms with E-state index in [0.29, 0.717) is 5.75 Å². The zero-order valence-electron chi connectivity index (χ0n) is 11.4. The van der Waals surface area contributed by atoms with Crippen LogP contribution in [0.3, 0.4) is 0 Å². The van der Waals surface area contributed by atoms with Crippen molar-refractivity contribution < 1.29 is 14.3 Å². The molecule has 0 fully saturated rings. The van der Waals surface area contributed by atoms with Crippen LogP contribution in [0.15, 0.2) is 42.9 Å². The molecule has 0 saturated heterocycles. The first-order chi connectivity index (χ1) is 9.70. The molecule has 1 aromatic carbocycles. The third-order valence-electron chi connectivity index (χ3n) is 2.84. The van der Waals surface area contributed by atoms with Gasteiger partial charge in [-0.25, -0.2) is 0 Å². The maximum absolute atomic E-state index is 11.4. The molecule has 0 aliphatic carbocycles. The van der Waals surface area contributed by atoms with Gasteiger partial charge in [-0.1, -0.05) is 18.2 Å². The van der Waals surface area contributed by atoms with Crippen LogP contribution in [-0.4, -0.2) is 23.0 Å². The molecule has 2 rings (SSSR count). The molecule has 1 heterocycles. The Labute approximate surface area is 117 Å². The molecule has 5 heteroatoms. The molecule has 20 heavy (non-hydrogen) atoms. The van der Waals surface area contributed by atoms with E-state index in [1.807, 2.05) is 31.2 Å². The second-order valence-electron chi connectivity index (χ2n) is 4.25. The number of nitrogens with zero attached hydrogens (tertiary/aromatic N) is 2. The number of benzene rings is 1. The Morgan fingerprint density at radius 1 is 1.30 bits per heavy atom. The lowest BCUT2D eigenvalue weighted by atomic mass is 10.1. The van der Waals surface area contributed by atoms with Gasteiger partial charge in [0, 0.05) is 18.0 Å². The Morgan fingerprint density at radius 2 is 2.10 bits per heavy atom. The van der Waals surface area contributed by atoms with Crippen molar-refractivity contribution in [1.29, 1.82) is 0 Å². The van der Waals surface area contributed by atoms with E-state index in [1.165, 1.54) is 7.11 Å². The molecule has 0 saturated carbocycles. The number of para-hydroxylation sites is 1. The lowest BCUT2D eigenvalue weighted by molar-refractivity contribution is -0.139. The van der Waals surface area contributed by atoms with Crippen LogP contribution in [0.2, 0.25) is 0 Å². The van der Waals surface area contributed by atoms with Gasteiger partial charge in [-0.3, -0.25) is 14.8 Å². The highest BCUT2D eigenvalue weighted by Crippen LogP contribution is 2.24. The van der Waals surface area contributed by atoms with Gasteiger partial charge in [0.15, 0.2) is 0 Å². The maximum atomic E-state index is 11.4. The van der Waals surface area contributed by atoms with Gasteiger partial charge in [-0.15, -0.1) is 0 Å². The third-order valence-corrected chi connectivity index (χ3v) is 2.84. The fourth-order valence-corrected chi connectivity index (χ4v) is 1.76. The largest absolute Gasteiger partial charge is 0.484 e. The molecule has 1 aromatic heterocycles. The van der Waals surface area contributed by atoms with Gasteiger partial charge >= 0.3 is 5.97 Å². The topological polar surface area (TPSA) is 61.3 Å². The second kappa shape index (κ2) is 6.65. The number of rotatable bonds is 5. The molecule has 0 aliphatic heterocycles. The van der Waals surface area contributed by atoms with E-state index in [4.69, 9.17) is 4.74 Å². The molecule has 104 valence electrons. The van der Waals surface area contributed by atoms with Crippen molar-refractivity contribution in [1.82, 2.24) is 9.97 Å². The van der Waals surface area contributed by atoms with Gasteiger partial charge in [-0.05, 0) is 13.0 Å². The van der Waals surface area contributed by atoms with Gasteiger partial charge in [0.1, 0.15) is 11.9 Å². The van der Waals surface area contributed by atoms with Gasteiger partial charge in [0.2, 0.25) is 0 Å². The average molecular weight is 272 g/mol. The van der Waals surface area contributed by atoms with Crippen LogP contribution in [0.1, 0.15) is 24.3 Å². The summed E-state index contributed by atoms with van der Waals surface area (Å²) in [6.07, 6.45) is 4.83. The summed E-state index contributed by atoms with van der Waals surface area (Å²) in [7, 11) is 1.37. The van der Waals surface area contributed by atoms with Crippen LogP contribution in [0.5, 0.6) is 5.75 Å². The van der Waals surface area contributed by atoms with E-state index < -0.39 is 0 Å². The minimum Gasteiger partial charge on any atom is -0.484 e. The molecule has 0 N–H and O–H groups in total. The summed E-state index contributed by atoms with van der Waals surface area (Å²) in [5.74, 6) is 0.351. The van der Waals surface area contributed by atoms with Crippen LogP contribution >= 0.6 is 0 Å². The highest BCUT2D eigenvalue weighted by atomic mass is 16.5. The quantitative estimate of drug-likeness (QED) is 0.782. The molecule has 0 spiro atoms. The monoisotopic (exact) mass is 272 g/mol. The summed E-state index contributed by atoms with van der Waals surface area (Å²) in [5.41, 5.74) is 1.52.